The molecule has 0 bridgehead atoms. The molecule has 0 atom stereocenters. The van der Waals surface area contributed by atoms with Gasteiger partial charge in [0, 0.05) is 10.4 Å². The van der Waals surface area contributed by atoms with Crippen LogP contribution in [0.5, 0.6) is 0 Å². The molecule has 0 aromatic heterocycles. The zero-order valence-electron chi connectivity index (χ0n) is 8.54. The first-order valence-corrected chi connectivity index (χ1v) is 2.00. The molecule has 0 heterocycles. The van der Waals surface area contributed by atoms with Gasteiger partial charge in [0.1, 0.15) is 0 Å². The van der Waals surface area contributed by atoms with Gasteiger partial charge in [0.15, 0.2) is 0 Å². The minimum Gasteiger partial charge on any atom is -0.759 e. The molecule has 104 valence electrons. The average Bonchev–Trinajstić information content (AvgIpc) is 0.722. The minimum atomic E-state index is -5.17. The Morgan fingerprint density at radius 3 is 0.500 bits per heavy atom. The quantitative estimate of drug-likeness (QED) is 0.238. The standard InChI is InChI=1S/2Na.H2O4S.9H2O/c;;1-5(2,3)4;;;;;;;;;/h;;(H2,1,2,3,4);9*1H2/q2*+1;;;;;;;;;;/p-2. The van der Waals surface area contributed by atoms with Crippen molar-refractivity contribution in [1.82, 2.24) is 0 Å². The molecule has 0 aliphatic heterocycles. The Bertz CT molecular complexity index is 97.1. The SMILES string of the molecule is O.O.O.O.O.O.O.O.O.O=S(=O)([O-])[O-].[Na+].[Na+]. The molecule has 0 radical (unpaired) electrons. The van der Waals surface area contributed by atoms with E-state index in [2.05, 4.69) is 0 Å². The molecule has 0 amide bonds. The summed E-state index contributed by atoms with van der Waals surface area (Å²) in [6.07, 6.45) is 0. The van der Waals surface area contributed by atoms with Crippen molar-refractivity contribution in [3.8, 4) is 0 Å². The fourth-order valence-electron chi connectivity index (χ4n) is 0. The van der Waals surface area contributed by atoms with Crippen LogP contribution in [0.3, 0.4) is 0 Å². The predicted molar refractivity (Wildman–Crippen MR) is 43.0 cm³/mol. The average molecular weight is 304 g/mol. The molecule has 0 saturated carbocycles. The first-order chi connectivity index (χ1) is 2.00. The van der Waals surface area contributed by atoms with Crippen molar-refractivity contribution >= 4 is 10.4 Å². The zero-order valence-corrected chi connectivity index (χ0v) is 13.4. The van der Waals surface area contributed by atoms with Crippen LogP contribution < -0.4 is 59.1 Å². The van der Waals surface area contributed by atoms with E-state index < -0.39 is 10.4 Å². The number of hydrogen-bond donors (Lipinski definition) is 0. The maximum absolute atomic E-state index is 8.52. The fraction of sp³-hybridized carbons (Fsp3) is 0. The summed E-state index contributed by atoms with van der Waals surface area (Å²) >= 11 is 0. The van der Waals surface area contributed by atoms with Gasteiger partial charge in [0.2, 0.25) is 0 Å². The first kappa shape index (κ1) is 157. The summed E-state index contributed by atoms with van der Waals surface area (Å²) < 4.78 is 34.1. The third-order valence-corrected chi connectivity index (χ3v) is 0. The van der Waals surface area contributed by atoms with Crippen LogP contribution in [0, 0.1) is 0 Å². The van der Waals surface area contributed by atoms with Gasteiger partial charge in [-0.05, 0) is 0 Å². The Morgan fingerprint density at radius 1 is 0.500 bits per heavy atom. The molecule has 0 fully saturated rings. The molecule has 0 aromatic rings. The van der Waals surface area contributed by atoms with Gasteiger partial charge in [-0.25, -0.2) is 0 Å². The van der Waals surface area contributed by atoms with Crippen molar-refractivity contribution in [2.24, 2.45) is 0 Å². The molecule has 16 heteroatoms. The van der Waals surface area contributed by atoms with Crippen molar-refractivity contribution in [3.63, 3.8) is 0 Å². The Balaban J connectivity index is -0.00000000145. The molecule has 16 heavy (non-hydrogen) atoms. The van der Waals surface area contributed by atoms with Crippen LogP contribution in [0.25, 0.3) is 0 Å². The van der Waals surface area contributed by atoms with Gasteiger partial charge < -0.3 is 58.4 Å². The van der Waals surface area contributed by atoms with Gasteiger partial charge >= 0.3 is 59.1 Å². The molecular weight excluding hydrogens is 286 g/mol. The third-order valence-electron chi connectivity index (χ3n) is 0. The van der Waals surface area contributed by atoms with Crippen LogP contribution in [0.2, 0.25) is 0 Å². The van der Waals surface area contributed by atoms with E-state index in [-0.39, 0.29) is 108 Å². The summed E-state index contributed by atoms with van der Waals surface area (Å²) in [5.41, 5.74) is 0. The van der Waals surface area contributed by atoms with Crippen molar-refractivity contribution in [1.29, 1.82) is 0 Å². The molecule has 0 aliphatic rings. The molecule has 13 nitrogen and oxygen atoms in total. The number of rotatable bonds is 0. The molecule has 0 saturated heterocycles. The van der Waals surface area contributed by atoms with Crippen LogP contribution in [0.15, 0.2) is 0 Å². The molecule has 0 unspecified atom stereocenters. The summed E-state index contributed by atoms with van der Waals surface area (Å²) in [5.74, 6) is 0. The molecule has 0 aromatic carbocycles. The second-order valence-electron chi connectivity index (χ2n) is 0.408. The maximum Gasteiger partial charge on any atom is 1.00 e. The van der Waals surface area contributed by atoms with E-state index >= 15 is 0 Å². The summed E-state index contributed by atoms with van der Waals surface area (Å²) in [6.45, 7) is 0. The Labute approximate surface area is 135 Å². The van der Waals surface area contributed by atoms with E-state index in [4.69, 9.17) is 17.5 Å². The Kier molecular flexibility index (Phi) is 692. The summed E-state index contributed by atoms with van der Waals surface area (Å²) in [7, 11) is -5.17. The van der Waals surface area contributed by atoms with Crippen LogP contribution in [0.4, 0.5) is 0 Å². The van der Waals surface area contributed by atoms with Gasteiger partial charge in [-0.15, -0.1) is 0 Å². The van der Waals surface area contributed by atoms with Crippen LogP contribution >= 0.6 is 0 Å². The smallest absolute Gasteiger partial charge is 0.759 e. The van der Waals surface area contributed by atoms with Crippen LogP contribution in [0.1, 0.15) is 0 Å². The molecule has 0 spiro atoms. The molecule has 0 aliphatic carbocycles. The second-order valence-corrected chi connectivity index (χ2v) is 1.22. The van der Waals surface area contributed by atoms with Crippen molar-refractivity contribution in [2.75, 3.05) is 0 Å². The van der Waals surface area contributed by atoms with Crippen molar-refractivity contribution in [3.05, 3.63) is 0 Å². The molecular formula is H18Na2O13S. The Hall–Kier alpha value is 1.51. The number of hydrogen-bond acceptors (Lipinski definition) is 4. The van der Waals surface area contributed by atoms with E-state index in [1.165, 1.54) is 0 Å². The largest absolute Gasteiger partial charge is 1.00 e. The summed E-state index contributed by atoms with van der Waals surface area (Å²) in [4.78, 5) is 0. The van der Waals surface area contributed by atoms with Gasteiger partial charge in [0.25, 0.3) is 0 Å². The zero-order chi connectivity index (χ0) is 4.50. The van der Waals surface area contributed by atoms with Gasteiger partial charge in [0.05, 0.1) is 0 Å². The van der Waals surface area contributed by atoms with Crippen LogP contribution in [-0.4, -0.2) is 66.8 Å². The predicted octanol–water partition coefficient (Wildman–Crippen LogP) is -14.8. The topological polar surface area (TPSA) is 364 Å². The molecule has 18 N–H and O–H groups in total. The normalized spacial score (nSPS) is 3.62. The van der Waals surface area contributed by atoms with E-state index in [0.717, 1.165) is 0 Å². The summed E-state index contributed by atoms with van der Waals surface area (Å²) in [6, 6.07) is 0. The second kappa shape index (κ2) is 70.4. The van der Waals surface area contributed by atoms with E-state index in [0.29, 0.717) is 0 Å². The van der Waals surface area contributed by atoms with Crippen LogP contribution in [-0.2, 0) is 10.4 Å². The van der Waals surface area contributed by atoms with Crippen molar-refractivity contribution in [2.45, 2.75) is 0 Å². The van der Waals surface area contributed by atoms with Crippen molar-refractivity contribution < 1.29 is 126 Å². The van der Waals surface area contributed by atoms with E-state index in [1.54, 1.807) is 0 Å². The molecule has 0 rings (SSSR count). The first-order valence-electron chi connectivity index (χ1n) is 0.667. The maximum atomic E-state index is 8.52. The van der Waals surface area contributed by atoms with E-state index in [1.807, 2.05) is 0 Å². The van der Waals surface area contributed by atoms with E-state index in [9.17, 15) is 0 Å². The third kappa shape index (κ3) is 1430. The van der Waals surface area contributed by atoms with Gasteiger partial charge in [-0.3, -0.25) is 8.42 Å². The van der Waals surface area contributed by atoms with Gasteiger partial charge in [-0.1, -0.05) is 0 Å². The summed E-state index contributed by atoms with van der Waals surface area (Å²) in [5, 5.41) is 0. The van der Waals surface area contributed by atoms with Gasteiger partial charge in [-0.2, -0.15) is 0 Å². The minimum absolute atomic E-state index is 0. The monoisotopic (exact) mass is 304 g/mol. The Morgan fingerprint density at radius 2 is 0.500 bits per heavy atom. The fourth-order valence-corrected chi connectivity index (χ4v) is 0.